The van der Waals surface area contributed by atoms with Crippen molar-refractivity contribution in [2.45, 2.75) is 31.6 Å². The maximum atomic E-state index is 13.0. The summed E-state index contributed by atoms with van der Waals surface area (Å²) in [5.74, 6) is 0.373. The molecule has 1 aromatic carbocycles. The van der Waals surface area contributed by atoms with E-state index < -0.39 is 10.0 Å². The van der Waals surface area contributed by atoms with Gasteiger partial charge >= 0.3 is 0 Å². The van der Waals surface area contributed by atoms with Gasteiger partial charge in [-0.05, 0) is 43.4 Å². The Balaban J connectivity index is 2.02. The topological polar surface area (TPSA) is 83.1 Å². The van der Waals surface area contributed by atoms with E-state index in [1.54, 1.807) is 29.4 Å². The van der Waals surface area contributed by atoms with E-state index in [0.717, 1.165) is 12.8 Å². The first-order valence-electron chi connectivity index (χ1n) is 8.05. The summed E-state index contributed by atoms with van der Waals surface area (Å²) >= 11 is 0. The van der Waals surface area contributed by atoms with Gasteiger partial charge in [0.15, 0.2) is 0 Å². The highest BCUT2D eigenvalue weighted by Crippen LogP contribution is 2.28. The summed E-state index contributed by atoms with van der Waals surface area (Å²) in [6.07, 6.45) is 1.95. The molecule has 1 N–H and O–H groups in total. The molecule has 0 saturated carbocycles. The van der Waals surface area contributed by atoms with Crippen molar-refractivity contribution in [3.05, 3.63) is 46.2 Å². The summed E-state index contributed by atoms with van der Waals surface area (Å²) < 4.78 is 27.7. The Morgan fingerprint density at radius 2 is 2.04 bits per heavy atom. The normalized spacial score (nSPS) is 19.3. The molecule has 0 spiro atoms. The van der Waals surface area contributed by atoms with Crippen LogP contribution in [-0.4, -0.2) is 36.0 Å². The van der Waals surface area contributed by atoms with Gasteiger partial charge in [-0.1, -0.05) is 19.1 Å². The molecule has 1 aliphatic rings. The number of nitrogens with one attached hydrogen (secondary N) is 1. The number of sulfonamides is 1. The van der Waals surface area contributed by atoms with Gasteiger partial charge in [0.05, 0.1) is 10.6 Å². The predicted molar refractivity (Wildman–Crippen MR) is 92.2 cm³/mol. The standard InChI is InChI=1S/C17H21N3O3S/c1-12-4-3-9-20(11-12)24(22,23)16-10-14(6-5-13(16)2)15-7-8-17(21)19-18-15/h5-8,10,12H,3-4,9,11H2,1-2H3,(H,19,21)/t12-/m0/s1. The van der Waals surface area contributed by atoms with Crippen LogP contribution in [0.1, 0.15) is 25.3 Å². The molecule has 1 aliphatic heterocycles. The van der Waals surface area contributed by atoms with Crippen molar-refractivity contribution >= 4 is 10.0 Å². The van der Waals surface area contributed by atoms with E-state index in [2.05, 4.69) is 17.1 Å². The smallest absolute Gasteiger partial charge is 0.264 e. The van der Waals surface area contributed by atoms with E-state index >= 15 is 0 Å². The monoisotopic (exact) mass is 347 g/mol. The van der Waals surface area contributed by atoms with Crippen molar-refractivity contribution < 1.29 is 8.42 Å². The van der Waals surface area contributed by atoms with Gasteiger partial charge in [0.1, 0.15) is 0 Å². The maximum absolute atomic E-state index is 13.0. The second kappa shape index (κ2) is 6.49. The summed E-state index contributed by atoms with van der Waals surface area (Å²) in [5, 5.41) is 6.35. The van der Waals surface area contributed by atoms with Crippen LogP contribution in [0.3, 0.4) is 0 Å². The molecule has 6 nitrogen and oxygen atoms in total. The third-order valence-electron chi connectivity index (χ3n) is 4.40. The second-order valence-corrected chi connectivity index (χ2v) is 8.30. The van der Waals surface area contributed by atoms with Crippen LogP contribution in [0.2, 0.25) is 0 Å². The van der Waals surface area contributed by atoms with Crippen LogP contribution in [0.15, 0.2) is 40.0 Å². The van der Waals surface area contributed by atoms with E-state index in [1.807, 2.05) is 6.07 Å². The quantitative estimate of drug-likeness (QED) is 0.922. The largest absolute Gasteiger partial charge is 0.268 e. The number of benzene rings is 1. The number of rotatable bonds is 3. The minimum atomic E-state index is -3.53. The van der Waals surface area contributed by atoms with Gasteiger partial charge < -0.3 is 0 Å². The number of H-pyrrole nitrogens is 1. The highest BCUT2D eigenvalue weighted by Gasteiger charge is 2.30. The fourth-order valence-corrected chi connectivity index (χ4v) is 4.90. The van der Waals surface area contributed by atoms with Gasteiger partial charge in [0.2, 0.25) is 10.0 Å². The first-order valence-corrected chi connectivity index (χ1v) is 9.49. The second-order valence-electron chi connectivity index (χ2n) is 6.40. The van der Waals surface area contributed by atoms with Gasteiger partial charge in [-0.2, -0.15) is 9.40 Å². The lowest BCUT2D eigenvalue weighted by Crippen LogP contribution is -2.39. The molecule has 1 aromatic heterocycles. The lowest BCUT2D eigenvalue weighted by molar-refractivity contribution is 0.281. The Kier molecular flexibility index (Phi) is 4.56. The molecule has 0 bridgehead atoms. The molecule has 1 atom stereocenters. The number of hydrogen-bond acceptors (Lipinski definition) is 4. The van der Waals surface area contributed by atoms with E-state index in [0.29, 0.717) is 40.7 Å². The number of aromatic amines is 1. The number of aromatic nitrogens is 2. The van der Waals surface area contributed by atoms with E-state index in [-0.39, 0.29) is 5.56 Å². The maximum Gasteiger partial charge on any atom is 0.264 e. The third kappa shape index (κ3) is 3.27. The highest BCUT2D eigenvalue weighted by molar-refractivity contribution is 7.89. The average molecular weight is 347 g/mol. The molecule has 1 saturated heterocycles. The number of aryl methyl sites for hydroxylation is 1. The Morgan fingerprint density at radius 3 is 2.71 bits per heavy atom. The zero-order valence-corrected chi connectivity index (χ0v) is 14.6. The van der Waals surface area contributed by atoms with E-state index in [1.165, 1.54) is 6.07 Å². The molecule has 0 amide bonds. The van der Waals surface area contributed by atoms with Gasteiger partial charge in [-0.15, -0.1) is 0 Å². The van der Waals surface area contributed by atoms with Crippen LogP contribution in [0.5, 0.6) is 0 Å². The van der Waals surface area contributed by atoms with Crippen molar-refractivity contribution in [2.75, 3.05) is 13.1 Å². The summed E-state index contributed by atoms with van der Waals surface area (Å²) in [6, 6.07) is 8.20. The van der Waals surface area contributed by atoms with Gasteiger partial charge in [-0.3, -0.25) is 4.79 Å². The molecule has 0 radical (unpaired) electrons. The van der Waals surface area contributed by atoms with Gasteiger partial charge in [0, 0.05) is 24.7 Å². The molecule has 2 aromatic rings. The van der Waals surface area contributed by atoms with Crippen LogP contribution in [0.4, 0.5) is 0 Å². The number of nitrogens with zero attached hydrogens (tertiary/aromatic N) is 2. The van der Waals surface area contributed by atoms with Crippen molar-refractivity contribution in [3.63, 3.8) is 0 Å². The molecule has 1 fully saturated rings. The van der Waals surface area contributed by atoms with E-state index in [9.17, 15) is 13.2 Å². The van der Waals surface area contributed by atoms with Gasteiger partial charge in [0.25, 0.3) is 5.56 Å². The molecule has 0 aliphatic carbocycles. The summed E-state index contributed by atoms with van der Waals surface area (Å²) in [7, 11) is -3.53. The summed E-state index contributed by atoms with van der Waals surface area (Å²) in [4.78, 5) is 11.5. The average Bonchev–Trinajstić information content (AvgIpc) is 2.56. The molecule has 2 heterocycles. The first-order chi connectivity index (χ1) is 11.4. The molecule has 128 valence electrons. The van der Waals surface area contributed by atoms with Crippen molar-refractivity contribution in [1.82, 2.24) is 14.5 Å². The predicted octanol–water partition coefficient (Wildman–Crippen LogP) is 2.17. The fraction of sp³-hybridized carbons (Fsp3) is 0.412. The Bertz CT molecular complexity index is 885. The summed E-state index contributed by atoms with van der Waals surface area (Å²) in [6.45, 7) is 5.00. The lowest BCUT2D eigenvalue weighted by atomic mass is 10.0. The van der Waals surface area contributed by atoms with Crippen LogP contribution < -0.4 is 5.56 Å². The lowest BCUT2D eigenvalue weighted by Gasteiger charge is -2.30. The zero-order valence-electron chi connectivity index (χ0n) is 13.8. The molecule has 7 heteroatoms. The molecule has 3 rings (SSSR count). The van der Waals surface area contributed by atoms with Crippen LogP contribution in [0.25, 0.3) is 11.3 Å². The van der Waals surface area contributed by atoms with Crippen LogP contribution in [-0.2, 0) is 10.0 Å². The van der Waals surface area contributed by atoms with Crippen molar-refractivity contribution in [2.24, 2.45) is 5.92 Å². The molecular formula is C17H21N3O3S. The van der Waals surface area contributed by atoms with E-state index in [4.69, 9.17) is 0 Å². The minimum absolute atomic E-state index is 0.291. The highest BCUT2D eigenvalue weighted by atomic mass is 32.2. The Labute approximate surface area is 141 Å². The van der Waals surface area contributed by atoms with Crippen LogP contribution >= 0.6 is 0 Å². The third-order valence-corrected chi connectivity index (χ3v) is 6.41. The molecular weight excluding hydrogens is 326 g/mol. The minimum Gasteiger partial charge on any atom is -0.268 e. The van der Waals surface area contributed by atoms with Crippen molar-refractivity contribution in [3.8, 4) is 11.3 Å². The van der Waals surface area contributed by atoms with Crippen LogP contribution in [0, 0.1) is 12.8 Å². The molecule has 0 unspecified atom stereocenters. The molecule has 24 heavy (non-hydrogen) atoms. The zero-order chi connectivity index (χ0) is 17.3. The summed E-state index contributed by atoms with van der Waals surface area (Å²) in [5.41, 5.74) is 1.63. The first kappa shape index (κ1) is 16.9. The number of hydrogen-bond donors (Lipinski definition) is 1. The Hall–Kier alpha value is -1.99. The SMILES string of the molecule is Cc1ccc(-c2ccc(=O)[nH]n2)cc1S(=O)(=O)N1CCC[C@H](C)C1. The number of piperidine rings is 1. The fourth-order valence-electron chi connectivity index (χ4n) is 3.05. The van der Waals surface area contributed by atoms with Crippen molar-refractivity contribution in [1.29, 1.82) is 0 Å². The Morgan fingerprint density at radius 1 is 1.25 bits per heavy atom. The van der Waals surface area contributed by atoms with Gasteiger partial charge in [-0.25, -0.2) is 13.5 Å².